The molecule has 0 aliphatic rings. The maximum atomic E-state index is 4.98. The van der Waals surface area contributed by atoms with Gasteiger partial charge in [0.2, 0.25) is 0 Å². The minimum Gasteiger partial charge on any atom is -0.265 e. The van der Waals surface area contributed by atoms with Crippen LogP contribution >= 0.6 is 0 Å². The van der Waals surface area contributed by atoms with E-state index in [1.54, 1.807) is 12.4 Å². The number of hydrogen-bond donors (Lipinski definition) is 0. The summed E-state index contributed by atoms with van der Waals surface area (Å²) in [7, 11) is 0. The van der Waals surface area contributed by atoms with Gasteiger partial charge in [-0.1, -0.05) is 121 Å². The Bertz CT molecular complexity index is 2520. The summed E-state index contributed by atoms with van der Waals surface area (Å²) in [5.74, 6) is 0. The van der Waals surface area contributed by atoms with Gasteiger partial charge in [0.15, 0.2) is 0 Å². The number of aromatic nitrogens is 2. The topological polar surface area (TPSA) is 25.8 Å². The molecule has 9 aromatic rings. The van der Waals surface area contributed by atoms with Gasteiger partial charge >= 0.3 is 0 Å². The summed E-state index contributed by atoms with van der Waals surface area (Å²) in [5, 5.41) is 9.98. The second kappa shape index (κ2) is 10.8. The van der Waals surface area contributed by atoms with Crippen molar-refractivity contribution < 1.29 is 0 Å². The van der Waals surface area contributed by atoms with Crippen molar-refractivity contribution in [3.63, 3.8) is 0 Å². The maximum Gasteiger partial charge on any atom is 0.0710 e. The zero-order valence-corrected chi connectivity index (χ0v) is 25.1. The molecule has 0 amide bonds. The van der Waals surface area contributed by atoms with E-state index in [0.717, 1.165) is 22.5 Å². The first kappa shape index (κ1) is 26.3. The molecule has 0 atom stereocenters. The number of hydrogen-bond acceptors (Lipinski definition) is 2. The van der Waals surface area contributed by atoms with Crippen molar-refractivity contribution in [2.45, 2.75) is 0 Å². The molecule has 2 heteroatoms. The highest BCUT2D eigenvalue weighted by Crippen LogP contribution is 2.45. The third-order valence-electron chi connectivity index (χ3n) is 9.14. The lowest BCUT2D eigenvalue weighted by molar-refractivity contribution is 1.29. The van der Waals surface area contributed by atoms with E-state index in [1.807, 2.05) is 18.2 Å². The lowest BCUT2D eigenvalue weighted by atomic mass is 9.84. The van der Waals surface area contributed by atoms with Crippen LogP contribution in [0.3, 0.4) is 0 Å². The third-order valence-corrected chi connectivity index (χ3v) is 9.14. The monoisotopic (exact) mass is 584 g/mol. The van der Waals surface area contributed by atoms with E-state index in [0.29, 0.717) is 0 Å². The average molecular weight is 585 g/mol. The maximum absolute atomic E-state index is 4.98. The van der Waals surface area contributed by atoms with Gasteiger partial charge in [-0.2, -0.15) is 0 Å². The summed E-state index contributed by atoms with van der Waals surface area (Å²) in [6, 6.07) is 56.8. The van der Waals surface area contributed by atoms with Gasteiger partial charge in [-0.3, -0.25) is 4.98 Å². The van der Waals surface area contributed by atoms with E-state index in [4.69, 9.17) is 4.98 Å². The van der Waals surface area contributed by atoms with Crippen molar-refractivity contribution in [2.75, 3.05) is 0 Å². The smallest absolute Gasteiger partial charge is 0.0710 e. The fourth-order valence-electron chi connectivity index (χ4n) is 7.01. The summed E-state index contributed by atoms with van der Waals surface area (Å²) in [6.07, 6.45) is 3.61. The molecule has 0 saturated carbocycles. The van der Waals surface area contributed by atoms with Crippen LogP contribution in [-0.4, -0.2) is 9.97 Å². The summed E-state index contributed by atoms with van der Waals surface area (Å²) < 4.78 is 0. The van der Waals surface area contributed by atoms with Crippen molar-refractivity contribution in [1.82, 2.24) is 9.97 Å². The van der Waals surface area contributed by atoms with Crippen LogP contribution in [0.4, 0.5) is 0 Å². The predicted octanol–water partition coefficient (Wildman–Crippen LogP) is 11.8. The third kappa shape index (κ3) is 4.35. The molecular formula is C44H28N2. The Morgan fingerprint density at radius 3 is 1.54 bits per heavy atom. The number of benzene rings is 7. The molecule has 0 radical (unpaired) electrons. The number of rotatable bonds is 4. The van der Waals surface area contributed by atoms with Crippen LogP contribution in [0, 0.1) is 0 Å². The molecule has 0 unspecified atom stereocenters. The lowest BCUT2D eigenvalue weighted by Crippen LogP contribution is -1.92. The highest BCUT2D eigenvalue weighted by atomic mass is 14.7. The molecule has 2 nitrogen and oxygen atoms in total. The van der Waals surface area contributed by atoms with Gasteiger partial charge in [0.1, 0.15) is 0 Å². The zero-order chi connectivity index (χ0) is 30.5. The molecular weight excluding hydrogens is 556 g/mol. The quantitative estimate of drug-likeness (QED) is 0.192. The molecule has 0 fully saturated rings. The predicted molar refractivity (Wildman–Crippen MR) is 194 cm³/mol. The van der Waals surface area contributed by atoms with Gasteiger partial charge in [-0.05, 0) is 102 Å². The van der Waals surface area contributed by atoms with Gasteiger partial charge in [0.25, 0.3) is 0 Å². The largest absolute Gasteiger partial charge is 0.265 e. The molecule has 0 spiro atoms. The van der Waals surface area contributed by atoms with Crippen molar-refractivity contribution in [2.24, 2.45) is 0 Å². The first-order valence-corrected chi connectivity index (χ1v) is 15.7. The molecule has 46 heavy (non-hydrogen) atoms. The molecule has 0 aliphatic carbocycles. The van der Waals surface area contributed by atoms with E-state index in [2.05, 4.69) is 145 Å². The van der Waals surface area contributed by atoms with Gasteiger partial charge in [-0.15, -0.1) is 0 Å². The zero-order valence-electron chi connectivity index (χ0n) is 25.1. The molecule has 2 aromatic heterocycles. The van der Waals surface area contributed by atoms with Crippen LogP contribution in [0.5, 0.6) is 0 Å². The van der Waals surface area contributed by atoms with Crippen molar-refractivity contribution in [3.8, 4) is 44.8 Å². The normalized spacial score (nSPS) is 11.5. The van der Waals surface area contributed by atoms with E-state index in [1.165, 1.54) is 65.3 Å². The molecule has 7 aromatic carbocycles. The van der Waals surface area contributed by atoms with Crippen LogP contribution in [0.2, 0.25) is 0 Å². The molecule has 214 valence electrons. The first-order chi connectivity index (χ1) is 22.8. The van der Waals surface area contributed by atoms with Crippen LogP contribution in [0.15, 0.2) is 170 Å². The fraction of sp³-hybridized carbons (Fsp3) is 0. The number of pyridine rings is 2. The van der Waals surface area contributed by atoms with Crippen molar-refractivity contribution >= 4 is 43.1 Å². The van der Waals surface area contributed by atoms with Crippen LogP contribution in [-0.2, 0) is 0 Å². The minimum absolute atomic E-state index is 0.945. The Kier molecular flexibility index (Phi) is 6.17. The second-order valence-electron chi connectivity index (χ2n) is 11.8. The Hall–Kier alpha value is -6.12. The summed E-state index contributed by atoms with van der Waals surface area (Å²) in [4.78, 5) is 9.13. The molecule has 0 saturated heterocycles. The highest BCUT2D eigenvalue weighted by Gasteiger charge is 2.18. The minimum atomic E-state index is 0.945. The van der Waals surface area contributed by atoms with Gasteiger partial charge in [0.05, 0.1) is 11.4 Å². The van der Waals surface area contributed by atoms with Crippen LogP contribution < -0.4 is 0 Å². The standard InChI is InChI=1S/C44H28N2/c1-2-11-35-29(9-1)10-7-16-36(35)44-39-14-5-3-12-37(39)43(38-13-4-6-15-40(38)44)34-22-20-31-27-33(21-19-32(31)28-34)42-18-8-17-41(46-42)30-23-25-45-26-24-30/h1-28H. The highest BCUT2D eigenvalue weighted by molar-refractivity contribution is 6.23. The molecule has 0 N–H and O–H groups in total. The Morgan fingerprint density at radius 2 is 0.848 bits per heavy atom. The Labute approximate surface area is 267 Å². The molecule has 0 aliphatic heterocycles. The molecule has 0 bridgehead atoms. The summed E-state index contributed by atoms with van der Waals surface area (Å²) >= 11 is 0. The van der Waals surface area contributed by atoms with E-state index >= 15 is 0 Å². The SMILES string of the molecule is c1cc(-c2ccncc2)nc(-c2ccc3cc(-c4c5ccccc5c(-c5cccc6ccccc56)c5ccccc45)ccc3c2)c1. The van der Waals surface area contributed by atoms with Gasteiger partial charge in [-0.25, -0.2) is 4.98 Å². The second-order valence-corrected chi connectivity index (χ2v) is 11.8. The van der Waals surface area contributed by atoms with Gasteiger partial charge in [0, 0.05) is 23.5 Å². The van der Waals surface area contributed by atoms with E-state index in [-0.39, 0.29) is 0 Å². The van der Waals surface area contributed by atoms with Crippen molar-refractivity contribution in [1.29, 1.82) is 0 Å². The fourth-order valence-corrected chi connectivity index (χ4v) is 7.01. The Balaban J connectivity index is 1.22. The molecule has 9 rings (SSSR count). The first-order valence-electron chi connectivity index (χ1n) is 15.7. The average Bonchev–Trinajstić information content (AvgIpc) is 3.13. The Morgan fingerprint density at radius 1 is 0.326 bits per heavy atom. The lowest BCUT2D eigenvalue weighted by Gasteiger charge is -2.19. The molecule has 2 heterocycles. The van der Waals surface area contributed by atoms with Crippen LogP contribution in [0.1, 0.15) is 0 Å². The van der Waals surface area contributed by atoms with E-state index in [9.17, 15) is 0 Å². The van der Waals surface area contributed by atoms with E-state index < -0.39 is 0 Å². The van der Waals surface area contributed by atoms with Crippen molar-refractivity contribution in [3.05, 3.63) is 170 Å². The summed E-state index contributed by atoms with van der Waals surface area (Å²) in [6.45, 7) is 0. The van der Waals surface area contributed by atoms with Gasteiger partial charge < -0.3 is 0 Å². The summed E-state index contributed by atoms with van der Waals surface area (Å²) in [5.41, 5.74) is 9.12. The van der Waals surface area contributed by atoms with Crippen LogP contribution in [0.25, 0.3) is 87.9 Å². The number of fused-ring (bicyclic) bond motifs is 4. The number of nitrogens with zero attached hydrogens (tertiary/aromatic N) is 2.